The quantitative estimate of drug-likeness (QED) is 0.162. The molecular formula is C58H34N6O. The fraction of sp³-hybridized carbons (Fsp3) is 0. The van der Waals surface area contributed by atoms with Crippen LogP contribution < -0.4 is 0 Å². The molecule has 0 N–H and O–H groups in total. The van der Waals surface area contributed by atoms with Crippen LogP contribution in [0.2, 0.25) is 0 Å². The maximum absolute atomic E-state index is 7.00. The topological polar surface area (TPSA) is 74.6 Å². The molecule has 0 spiro atoms. The van der Waals surface area contributed by atoms with Crippen LogP contribution in [0.15, 0.2) is 211 Å². The standard InChI is InChI=1S/C58H34N6O/c1-3-16-35(17-4-1)55-60-56(36-18-5-2-6-19-36)62-58(61-55)64-50-28-14-12-25-44(50)46-33-32-45-43-24-11-13-27-49(43)63(52(45)53(46)64)51-29-15-26-48-54(51)65-57(59-48)37-30-31-42-40-22-8-7-20-38(40)39-21-9-10-23-41(39)47(42)34-37/h1-34H. The van der Waals surface area contributed by atoms with Crippen LogP contribution in [0.3, 0.4) is 0 Å². The fourth-order valence-corrected chi connectivity index (χ4v) is 10.1. The van der Waals surface area contributed by atoms with E-state index in [2.05, 4.69) is 149 Å². The molecule has 65 heavy (non-hydrogen) atoms. The largest absolute Gasteiger partial charge is 0.434 e. The molecule has 0 radical (unpaired) electrons. The van der Waals surface area contributed by atoms with Gasteiger partial charge in [0.15, 0.2) is 17.2 Å². The normalized spacial score (nSPS) is 12.0. The Labute approximate surface area is 371 Å². The molecule has 0 aliphatic heterocycles. The summed E-state index contributed by atoms with van der Waals surface area (Å²) < 4.78 is 11.6. The van der Waals surface area contributed by atoms with Crippen molar-refractivity contribution >= 4 is 87.0 Å². The maximum atomic E-state index is 7.00. The van der Waals surface area contributed by atoms with Gasteiger partial charge in [0.05, 0.1) is 27.8 Å². The van der Waals surface area contributed by atoms with Gasteiger partial charge in [-0.2, -0.15) is 9.97 Å². The van der Waals surface area contributed by atoms with Crippen LogP contribution >= 0.6 is 0 Å². The number of hydrogen-bond donors (Lipinski definition) is 0. The monoisotopic (exact) mass is 830 g/mol. The summed E-state index contributed by atoms with van der Waals surface area (Å²) in [5.41, 5.74) is 9.14. The fourth-order valence-electron chi connectivity index (χ4n) is 10.1. The zero-order valence-electron chi connectivity index (χ0n) is 34.7. The number of oxazole rings is 1. The molecule has 0 aliphatic rings. The molecule has 0 aliphatic carbocycles. The Kier molecular flexibility index (Phi) is 7.55. The van der Waals surface area contributed by atoms with E-state index in [-0.39, 0.29) is 0 Å². The van der Waals surface area contributed by atoms with Gasteiger partial charge in [0.2, 0.25) is 11.8 Å². The molecule has 14 rings (SSSR count). The van der Waals surface area contributed by atoms with Crippen LogP contribution in [0.5, 0.6) is 0 Å². The van der Waals surface area contributed by atoms with E-state index in [0.29, 0.717) is 29.1 Å². The third kappa shape index (κ3) is 5.30. The van der Waals surface area contributed by atoms with E-state index in [1.54, 1.807) is 0 Å². The summed E-state index contributed by atoms with van der Waals surface area (Å²) in [5, 5.41) is 11.7. The highest BCUT2D eigenvalue weighted by atomic mass is 16.3. The van der Waals surface area contributed by atoms with E-state index < -0.39 is 0 Å². The second-order valence-corrected chi connectivity index (χ2v) is 16.6. The Morgan fingerprint density at radius 3 is 1.40 bits per heavy atom. The minimum atomic E-state index is 0.532. The van der Waals surface area contributed by atoms with Crippen molar-refractivity contribution in [1.82, 2.24) is 29.1 Å². The average molecular weight is 831 g/mol. The molecule has 14 aromatic rings. The highest BCUT2D eigenvalue weighted by Gasteiger charge is 2.25. The maximum Gasteiger partial charge on any atom is 0.238 e. The Hall–Kier alpha value is -8.94. The van der Waals surface area contributed by atoms with Crippen molar-refractivity contribution in [3.05, 3.63) is 206 Å². The highest BCUT2D eigenvalue weighted by Crippen LogP contribution is 2.44. The third-order valence-corrected chi connectivity index (χ3v) is 13.0. The highest BCUT2D eigenvalue weighted by molar-refractivity contribution is 6.26. The first-order valence-electron chi connectivity index (χ1n) is 21.8. The van der Waals surface area contributed by atoms with Crippen LogP contribution in [-0.2, 0) is 0 Å². The second-order valence-electron chi connectivity index (χ2n) is 16.6. The van der Waals surface area contributed by atoms with Crippen LogP contribution in [0.25, 0.3) is 133 Å². The van der Waals surface area contributed by atoms with Gasteiger partial charge in [-0.1, -0.05) is 170 Å². The lowest BCUT2D eigenvalue weighted by molar-refractivity contribution is 0.618. The minimum absolute atomic E-state index is 0.532. The lowest BCUT2D eigenvalue weighted by Crippen LogP contribution is -2.07. The number of benzene rings is 10. The van der Waals surface area contributed by atoms with Gasteiger partial charge >= 0.3 is 0 Å². The molecule has 4 aromatic heterocycles. The van der Waals surface area contributed by atoms with E-state index in [1.807, 2.05) is 66.7 Å². The molecule has 7 nitrogen and oxygen atoms in total. The number of aromatic nitrogens is 6. The third-order valence-electron chi connectivity index (χ3n) is 13.0. The number of hydrogen-bond acceptors (Lipinski definition) is 5. The van der Waals surface area contributed by atoms with Crippen molar-refractivity contribution in [2.45, 2.75) is 0 Å². The summed E-state index contributed by atoms with van der Waals surface area (Å²) in [4.78, 5) is 20.8. The van der Waals surface area contributed by atoms with Crippen molar-refractivity contribution in [3.8, 4) is 45.9 Å². The molecule has 10 aromatic carbocycles. The molecule has 7 heteroatoms. The van der Waals surface area contributed by atoms with Gasteiger partial charge in [0.25, 0.3) is 0 Å². The second kappa shape index (κ2) is 13.8. The Morgan fingerprint density at radius 1 is 0.323 bits per heavy atom. The van der Waals surface area contributed by atoms with E-state index >= 15 is 0 Å². The number of para-hydroxylation sites is 3. The van der Waals surface area contributed by atoms with Gasteiger partial charge in [-0.05, 0) is 68.7 Å². The molecule has 0 amide bonds. The lowest BCUT2D eigenvalue weighted by atomic mass is 9.93. The molecule has 0 saturated carbocycles. The summed E-state index contributed by atoms with van der Waals surface area (Å²) in [6.07, 6.45) is 0. The Bertz CT molecular complexity index is 4150. The molecule has 0 bridgehead atoms. The van der Waals surface area contributed by atoms with Gasteiger partial charge in [-0.3, -0.25) is 4.57 Å². The molecule has 4 heterocycles. The zero-order chi connectivity index (χ0) is 42.6. The smallest absolute Gasteiger partial charge is 0.238 e. The molecular weight excluding hydrogens is 797 g/mol. The van der Waals surface area contributed by atoms with E-state index in [4.69, 9.17) is 24.4 Å². The molecule has 0 atom stereocenters. The van der Waals surface area contributed by atoms with Crippen molar-refractivity contribution < 1.29 is 4.42 Å². The van der Waals surface area contributed by atoms with Gasteiger partial charge in [-0.25, -0.2) is 9.97 Å². The molecule has 302 valence electrons. The van der Waals surface area contributed by atoms with Crippen molar-refractivity contribution in [2.75, 3.05) is 0 Å². The minimum Gasteiger partial charge on any atom is -0.434 e. The van der Waals surface area contributed by atoms with Crippen LogP contribution in [0, 0.1) is 0 Å². The first-order chi connectivity index (χ1) is 32.2. The summed E-state index contributed by atoms with van der Waals surface area (Å²) in [6.45, 7) is 0. The van der Waals surface area contributed by atoms with Crippen LogP contribution in [-0.4, -0.2) is 29.1 Å². The summed E-state index contributed by atoms with van der Waals surface area (Å²) in [5.74, 6) is 2.30. The summed E-state index contributed by atoms with van der Waals surface area (Å²) in [6, 6.07) is 72.0. The average Bonchev–Trinajstić information content (AvgIpc) is 4.08. The first-order valence-corrected chi connectivity index (χ1v) is 21.8. The SMILES string of the molecule is c1ccc(-c2nc(-c3ccccc3)nc(-n3c4ccccc4c4ccc5c6ccccc6n(-c6cccc7nc(-c8ccc9c%10ccccc%10c%10ccccc%10c9c8)oc67)c5c43)n2)cc1. The van der Waals surface area contributed by atoms with Gasteiger partial charge in [0.1, 0.15) is 5.52 Å². The first kappa shape index (κ1) is 35.6. The van der Waals surface area contributed by atoms with Crippen molar-refractivity contribution in [1.29, 1.82) is 0 Å². The van der Waals surface area contributed by atoms with Gasteiger partial charge < -0.3 is 8.98 Å². The molecule has 0 fully saturated rings. The van der Waals surface area contributed by atoms with E-state index in [1.165, 1.54) is 32.3 Å². The molecule has 0 saturated heterocycles. The zero-order valence-corrected chi connectivity index (χ0v) is 34.7. The molecule has 0 unspecified atom stereocenters. The van der Waals surface area contributed by atoms with Gasteiger partial charge in [-0.15, -0.1) is 0 Å². The predicted octanol–water partition coefficient (Wildman–Crippen LogP) is 14.7. The Morgan fingerprint density at radius 2 is 0.800 bits per heavy atom. The van der Waals surface area contributed by atoms with Crippen molar-refractivity contribution in [3.63, 3.8) is 0 Å². The van der Waals surface area contributed by atoms with E-state index in [0.717, 1.165) is 71.5 Å². The van der Waals surface area contributed by atoms with Crippen molar-refractivity contribution in [2.24, 2.45) is 0 Å². The lowest BCUT2D eigenvalue weighted by Gasteiger charge is -2.13. The summed E-state index contributed by atoms with van der Waals surface area (Å²) in [7, 11) is 0. The Balaban J connectivity index is 1.05. The van der Waals surface area contributed by atoms with Crippen LogP contribution in [0.4, 0.5) is 0 Å². The van der Waals surface area contributed by atoms with E-state index in [9.17, 15) is 0 Å². The number of rotatable bonds is 5. The predicted molar refractivity (Wildman–Crippen MR) is 265 cm³/mol. The summed E-state index contributed by atoms with van der Waals surface area (Å²) >= 11 is 0. The number of nitrogens with zero attached hydrogens (tertiary/aromatic N) is 6. The number of fused-ring (bicyclic) bond motifs is 14. The van der Waals surface area contributed by atoms with Crippen LogP contribution in [0.1, 0.15) is 0 Å². The van der Waals surface area contributed by atoms with Gasteiger partial charge in [0, 0.05) is 38.2 Å².